The number of piperidine rings is 1. The van der Waals surface area contributed by atoms with Gasteiger partial charge in [0.25, 0.3) is 0 Å². The van der Waals surface area contributed by atoms with E-state index in [1.54, 1.807) is 0 Å². The first-order valence-electron chi connectivity index (χ1n) is 7.95. The third-order valence-corrected chi connectivity index (χ3v) is 4.93. The molecule has 3 nitrogen and oxygen atoms in total. The van der Waals surface area contributed by atoms with Gasteiger partial charge in [0.15, 0.2) is 0 Å². The van der Waals surface area contributed by atoms with Crippen LogP contribution in [0.3, 0.4) is 0 Å². The van der Waals surface area contributed by atoms with Gasteiger partial charge in [-0.3, -0.25) is 9.88 Å². The summed E-state index contributed by atoms with van der Waals surface area (Å²) in [4.78, 5) is 7.07. The molecule has 1 aromatic rings. The van der Waals surface area contributed by atoms with Crippen molar-refractivity contribution >= 4 is 0 Å². The molecule has 3 heteroatoms. The van der Waals surface area contributed by atoms with Gasteiger partial charge in [-0.05, 0) is 64.4 Å². The van der Waals surface area contributed by atoms with Gasteiger partial charge in [-0.25, -0.2) is 0 Å². The first-order valence-corrected chi connectivity index (χ1v) is 7.95. The van der Waals surface area contributed by atoms with Crippen LogP contribution in [-0.4, -0.2) is 35.6 Å². The number of aromatic nitrogens is 1. The number of likely N-dealkylation sites (tertiary alicyclic amines) is 1. The number of nitrogens with zero attached hydrogens (tertiary/aromatic N) is 2. The highest BCUT2D eigenvalue weighted by atomic mass is 15.2. The second kappa shape index (κ2) is 6.68. The van der Waals surface area contributed by atoms with Crippen LogP contribution in [0.2, 0.25) is 0 Å². The van der Waals surface area contributed by atoms with Crippen LogP contribution in [-0.2, 0) is 0 Å². The van der Waals surface area contributed by atoms with Crippen molar-refractivity contribution in [3.8, 4) is 0 Å². The van der Waals surface area contributed by atoms with Crippen LogP contribution >= 0.6 is 0 Å². The van der Waals surface area contributed by atoms with Gasteiger partial charge in [0.1, 0.15) is 0 Å². The zero-order chi connectivity index (χ0) is 14.6. The summed E-state index contributed by atoms with van der Waals surface area (Å²) >= 11 is 0. The van der Waals surface area contributed by atoms with Crippen LogP contribution < -0.4 is 5.32 Å². The minimum absolute atomic E-state index is 0.157. The molecule has 1 saturated heterocycles. The summed E-state index contributed by atoms with van der Waals surface area (Å²) in [6.07, 6.45) is 9.14. The Hall–Kier alpha value is -0.930. The molecule has 1 aromatic heterocycles. The number of aryl methyl sites for hydroxylation is 1. The van der Waals surface area contributed by atoms with E-state index in [0.29, 0.717) is 6.04 Å². The summed E-state index contributed by atoms with van der Waals surface area (Å²) in [6.45, 7) is 9.28. The van der Waals surface area contributed by atoms with Gasteiger partial charge in [0.2, 0.25) is 0 Å². The second-order valence-corrected chi connectivity index (χ2v) is 6.28. The normalized spacial score (nSPS) is 21.4. The topological polar surface area (TPSA) is 28.2 Å². The maximum atomic E-state index is 4.39. The minimum atomic E-state index is 0.157. The molecule has 0 saturated carbocycles. The molecule has 0 radical (unpaired) electrons. The van der Waals surface area contributed by atoms with Crippen molar-refractivity contribution < 1.29 is 0 Å². The Morgan fingerprint density at radius 1 is 1.30 bits per heavy atom. The standard InChI is InChI=1S/C17H29N3/c1-5-17(3,20-9-7-6-8-10-20)16(18-4)15-11-14(2)12-19-13-15/h11-13,16,18H,5-10H2,1-4H3. The fourth-order valence-electron chi connectivity index (χ4n) is 3.59. The number of hydrogen-bond donors (Lipinski definition) is 1. The Labute approximate surface area is 123 Å². The van der Waals surface area contributed by atoms with E-state index >= 15 is 0 Å². The molecule has 112 valence electrons. The van der Waals surface area contributed by atoms with E-state index in [4.69, 9.17) is 0 Å². The quantitative estimate of drug-likeness (QED) is 0.893. The number of pyridine rings is 1. The number of likely N-dealkylation sites (N-methyl/N-ethyl adjacent to an activating group) is 1. The average molecular weight is 275 g/mol. The fourth-order valence-corrected chi connectivity index (χ4v) is 3.59. The first kappa shape index (κ1) is 15.5. The van der Waals surface area contributed by atoms with Crippen LogP contribution in [0.5, 0.6) is 0 Å². The lowest BCUT2D eigenvalue weighted by Crippen LogP contribution is -2.55. The van der Waals surface area contributed by atoms with Crippen LogP contribution in [0.15, 0.2) is 18.5 Å². The molecule has 2 heterocycles. The fraction of sp³-hybridized carbons (Fsp3) is 0.706. The first-order chi connectivity index (χ1) is 9.61. The van der Waals surface area contributed by atoms with E-state index in [1.165, 1.54) is 43.5 Å². The lowest BCUT2D eigenvalue weighted by atomic mass is 9.82. The molecule has 2 atom stereocenters. The Morgan fingerprint density at radius 2 is 2.00 bits per heavy atom. The third-order valence-electron chi connectivity index (χ3n) is 4.93. The van der Waals surface area contributed by atoms with Gasteiger partial charge in [0.05, 0.1) is 6.04 Å². The molecule has 1 N–H and O–H groups in total. The van der Waals surface area contributed by atoms with Crippen LogP contribution in [0.25, 0.3) is 0 Å². The van der Waals surface area contributed by atoms with Gasteiger partial charge in [-0.2, -0.15) is 0 Å². The van der Waals surface area contributed by atoms with Crippen LogP contribution in [0, 0.1) is 6.92 Å². The molecule has 0 aliphatic carbocycles. The van der Waals surface area contributed by atoms with E-state index < -0.39 is 0 Å². The zero-order valence-electron chi connectivity index (χ0n) is 13.4. The van der Waals surface area contributed by atoms with Crippen molar-refractivity contribution in [3.05, 3.63) is 29.6 Å². The highest BCUT2D eigenvalue weighted by Crippen LogP contribution is 2.35. The van der Waals surface area contributed by atoms with Gasteiger partial charge in [0, 0.05) is 17.9 Å². The Bertz CT molecular complexity index is 426. The number of nitrogens with one attached hydrogen (secondary N) is 1. The minimum Gasteiger partial charge on any atom is -0.311 e. The molecule has 0 spiro atoms. The molecule has 1 aliphatic rings. The lowest BCUT2D eigenvalue weighted by Gasteiger charge is -2.48. The summed E-state index contributed by atoms with van der Waals surface area (Å²) in [5, 5.41) is 3.55. The second-order valence-electron chi connectivity index (χ2n) is 6.28. The van der Waals surface area contributed by atoms with Crippen molar-refractivity contribution in [2.24, 2.45) is 0 Å². The molecule has 2 unspecified atom stereocenters. The molecule has 0 aromatic carbocycles. The Kier molecular flexibility index (Phi) is 5.17. The Morgan fingerprint density at radius 3 is 2.55 bits per heavy atom. The zero-order valence-corrected chi connectivity index (χ0v) is 13.4. The molecule has 0 bridgehead atoms. The average Bonchev–Trinajstić information content (AvgIpc) is 2.48. The van der Waals surface area contributed by atoms with Crippen molar-refractivity contribution in [2.45, 2.75) is 58.0 Å². The van der Waals surface area contributed by atoms with E-state index in [9.17, 15) is 0 Å². The van der Waals surface area contributed by atoms with Gasteiger partial charge < -0.3 is 5.32 Å². The maximum Gasteiger partial charge on any atom is 0.0517 e. The third kappa shape index (κ3) is 3.04. The summed E-state index contributed by atoms with van der Waals surface area (Å²) in [5.41, 5.74) is 2.70. The Balaban J connectivity index is 2.30. The predicted molar refractivity (Wildman–Crippen MR) is 84.9 cm³/mol. The smallest absolute Gasteiger partial charge is 0.0517 e. The van der Waals surface area contributed by atoms with Crippen LogP contribution in [0.4, 0.5) is 0 Å². The molecular formula is C17H29N3. The van der Waals surface area contributed by atoms with Crippen LogP contribution in [0.1, 0.15) is 56.7 Å². The van der Waals surface area contributed by atoms with Gasteiger partial charge in [-0.1, -0.05) is 19.4 Å². The van der Waals surface area contributed by atoms with Crippen molar-refractivity contribution in [2.75, 3.05) is 20.1 Å². The van der Waals surface area contributed by atoms with Crippen molar-refractivity contribution in [3.63, 3.8) is 0 Å². The molecule has 1 aliphatic heterocycles. The largest absolute Gasteiger partial charge is 0.311 e. The van der Waals surface area contributed by atoms with E-state index in [0.717, 1.165) is 6.42 Å². The van der Waals surface area contributed by atoms with Gasteiger partial charge in [-0.15, -0.1) is 0 Å². The van der Waals surface area contributed by atoms with E-state index in [-0.39, 0.29) is 5.54 Å². The highest BCUT2D eigenvalue weighted by Gasteiger charge is 2.38. The summed E-state index contributed by atoms with van der Waals surface area (Å²) in [5.74, 6) is 0. The molecule has 20 heavy (non-hydrogen) atoms. The van der Waals surface area contributed by atoms with Crippen molar-refractivity contribution in [1.29, 1.82) is 0 Å². The number of rotatable bonds is 5. The van der Waals surface area contributed by atoms with E-state index in [1.807, 2.05) is 12.4 Å². The molecular weight excluding hydrogens is 246 g/mol. The molecule has 0 amide bonds. The summed E-state index contributed by atoms with van der Waals surface area (Å²) in [7, 11) is 2.07. The van der Waals surface area contributed by atoms with Crippen molar-refractivity contribution in [1.82, 2.24) is 15.2 Å². The molecule has 2 rings (SSSR count). The lowest BCUT2D eigenvalue weighted by molar-refractivity contribution is 0.0447. The SMILES string of the molecule is CCC(C)(C(NC)c1cncc(C)c1)N1CCCCC1. The maximum absolute atomic E-state index is 4.39. The van der Waals surface area contributed by atoms with Gasteiger partial charge >= 0.3 is 0 Å². The summed E-state index contributed by atoms with van der Waals surface area (Å²) < 4.78 is 0. The highest BCUT2D eigenvalue weighted by molar-refractivity contribution is 5.24. The summed E-state index contributed by atoms with van der Waals surface area (Å²) in [6, 6.07) is 2.60. The predicted octanol–water partition coefficient (Wildman–Crippen LogP) is 3.31. The number of hydrogen-bond acceptors (Lipinski definition) is 3. The van der Waals surface area contributed by atoms with E-state index in [2.05, 4.69) is 49.1 Å². The monoisotopic (exact) mass is 275 g/mol. The molecule has 1 fully saturated rings.